The van der Waals surface area contributed by atoms with Crippen molar-refractivity contribution in [3.05, 3.63) is 59.7 Å². The summed E-state index contributed by atoms with van der Waals surface area (Å²) in [5.41, 5.74) is 2.97. The SMILES string of the molecule is CCCCc1ccc(NC(=O)C=Cc2ccc(OCCC(C)C)c(OC)c2)cc1. The van der Waals surface area contributed by atoms with E-state index >= 15 is 0 Å². The molecule has 0 saturated heterocycles. The summed E-state index contributed by atoms with van der Waals surface area (Å²) < 4.78 is 11.2. The molecule has 0 aliphatic carbocycles. The zero-order valence-electron chi connectivity index (χ0n) is 18.0. The van der Waals surface area contributed by atoms with Gasteiger partial charge in [-0.2, -0.15) is 0 Å². The Kier molecular flexibility index (Phi) is 9.29. The first-order valence-corrected chi connectivity index (χ1v) is 10.4. The Morgan fingerprint density at radius 3 is 2.52 bits per heavy atom. The summed E-state index contributed by atoms with van der Waals surface area (Å²) in [6, 6.07) is 13.7. The van der Waals surface area contributed by atoms with E-state index in [1.165, 1.54) is 24.5 Å². The molecule has 29 heavy (non-hydrogen) atoms. The highest BCUT2D eigenvalue weighted by Crippen LogP contribution is 2.29. The number of nitrogens with one attached hydrogen (secondary N) is 1. The molecular formula is C25H33NO3. The van der Waals surface area contributed by atoms with Crippen LogP contribution in [0.5, 0.6) is 11.5 Å². The number of rotatable bonds is 11. The lowest BCUT2D eigenvalue weighted by Gasteiger charge is -2.12. The van der Waals surface area contributed by atoms with Crippen molar-refractivity contribution in [3.8, 4) is 11.5 Å². The molecule has 2 rings (SSSR count). The highest BCUT2D eigenvalue weighted by molar-refractivity contribution is 6.01. The number of anilines is 1. The first kappa shape index (κ1) is 22.5. The maximum Gasteiger partial charge on any atom is 0.248 e. The van der Waals surface area contributed by atoms with Gasteiger partial charge in [-0.3, -0.25) is 4.79 Å². The van der Waals surface area contributed by atoms with Crippen molar-refractivity contribution >= 4 is 17.7 Å². The fourth-order valence-electron chi connectivity index (χ4n) is 2.80. The van der Waals surface area contributed by atoms with Gasteiger partial charge in [0.15, 0.2) is 11.5 Å². The second-order valence-electron chi connectivity index (χ2n) is 7.56. The summed E-state index contributed by atoms with van der Waals surface area (Å²) in [7, 11) is 1.62. The van der Waals surface area contributed by atoms with Gasteiger partial charge in [0.2, 0.25) is 5.91 Å². The van der Waals surface area contributed by atoms with Crippen LogP contribution in [0.2, 0.25) is 0 Å². The Balaban J connectivity index is 1.93. The Labute approximate surface area is 174 Å². The zero-order chi connectivity index (χ0) is 21.1. The monoisotopic (exact) mass is 395 g/mol. The minimum absolute atomic E-state index is 0.164. The molecule has 0 bridgehead atoms. The molecule has 4 heteroatoms. The molecule has 4 nitrogen and oxygen atoms in total. The molecule has 0 aliphatic rings. The normalized spacial score (nSPS) is 11.1. The van der Waals surface area contributed by atoms with Crippen molar-refractivity contribution in [2.45, 2.75) is 46.5 Å². The predicted molar refractivity (Wildman–Crippen MR) is 121 cm³/mol. The van der Waals surface area contributed by atoms with Crippen LogP contribution in [0.1, 0.15) is 51.2 Å². The van der Waals surface area contributed by atoms with Crippen molar-refractivity contribution < 1.29 is 14.3 Å². The number of carbonyl (C=O) groups excluding carboxylic acids is 1. The molecule has 2 aromatic carbocycles. The summed E-state index contributed by atoms with van der Waals surface area (Å²) >= 11 is 0. The smallest absolute Gasteiger partial charge is 0.248 e. The van der Waals surface area contributed by atoms with Crippen molar-refractivity contribution in [2.75, 3.05) is 19.0 Å². The van der Waals surface area contributed by atoms with Crippen LogP contribution >= 0.6 is 0 Å². The maximum absolute atomic E-state index is 12.2. The highest BCUT2D eigenvalue weighted by atomic mass is 16.5. The minimum atomic E-state index is -0.164. The van der Waals surface area contributed by atoms with Gasteiger partial charge in [-0.15, -0.1) is 0 Å². The highest BCUT2D eigenvalue weighted by Gasteiger charge is 2.06. The third kappa shape index (κ3) is 8.02. The molecule has 156 valence electrons. The van der Waals surface area contributed by atoms with Crippen LogP contribution in [-0.4, -0.2) is 19.6 Å². The molecule has 0 aliphatic heterocycles. The molecule has 0 spiro atoms. The molecule has 0 unspecified atom stereocenters. The number of hydrogen-bond donors (Lipinski definition) is 1. The van der Waals surface area contributed by atoms with E-state index in [9.17, 15) is 4.79 Å². The number of methoxy groups -OCH3 is 1. The van der Waals surface area contributed by atoms with Crippen LogP contribution in [0.15, 0.2) is 48.5 Å². The Hall–Kier alpha value is -2.75. The number of hydrogen-bond acceptors (Lipinski definition) is 3. The van der Waals surface area contributed by atoms with E-state index in [1.54, 1.807) is 13.2 Å². The molecule has 0 fully saturated rings. The molecule has 0 aromatic heterocycles. The molecule has 1 N–H and O–H groups in total. The summed E-state index contributed by atoms with van der Waals surface area (Å²) in [6.07, 6.45) is 7.72. The number of aryl methyl sites for hydroxylation is 1. The van der Waals surface area contributed by atoms with Gasteiger partial charge in [0.1, 0.15) is 0 Å². The Morgan fingerprint density at radius 2 is 1.86 bits per heavy atom. The van der Waals surface area contributed by atoms with E-state index in [0.29, 0.717) is 18.3 Å². The quantitative estimate of drug-likeness (QED) is 0.467. The topological polar surface area (TPSA) is 47.6 Å². The van der Waals surface area contributed by atoms with Gasteiger partial charge in [0, 0.05) is 11.8 Å². The number of amides is 1. The van der Waals surface area contributed by atoms with Crippen molar-refractivity contribution in [1.29, 1.82) is 0 Å². The minimum Gasteiger partial charge on any atom is -0.493 e. The second-order valence-corrected chi connectivity index (χ2v) is 7.56. The first-order chi connectivity index (χ1) is 14.0. The van der Waals surface area contributed by atoms with Crippen LogP contribution in [-0.2, 0) is 11.2 Å². The van der Waals surface area contributed by atoms with Crippen molar-refractivity contribution in [3.63, 3.8) is 0 Å². The number of carbonyl (C=O) groups is 1. The van der Waals surface area contributed by atoms with Gasteiger partial charge in [0.05, 0.1) is 13.7 Å². The maximum atomic E-state index is 12.2. The zero-order valence-corrected chi connectivity index (χ0v) is 18.0. The third-order valence-corrected chi connectivity index (χ3v) is 4.61. The molecule has 0 heterocycles. The summed E-state index contributed by atoms with van der Waals surface area (Å²) in [5, 5.41) is 2.89. The van der Waals surface area contributed by atoms with E-state index in [4.69, 9.17) is 9.47 Å². The van der Waals surface area contributed by atoms with Crippen molar-refractivity contribution in [2.24, 2.45) is 5.92 Å². The van der Waals surface area contributed by atoms with Gasteiger partial charge in [-0.1, -0.05) is 45.4 Å². The Bertz CT molecular complexity index is 794. The number of unbranched alkanes of at least 4 members (excludes halogenated alkanes) is 1. The summed E-state index contributed by atoms with van der Waals surface area (Å²) in [4.78, 5) is 12.2. The van der Waals surface area contributed by atoms with E-state index < -0.39 is 0 Å². The van der Waals surface area contributed by atoms with Gasteiger partial charge in [-0.25, -0.2) is 0 Å². The Morgan fingerprint density at radius 1 is 1.10 bits per heavy atom. The van der Waals surface area contributed by atoms with Crippen LogP contribution < -0.4 is 14.8 Å². The predicted octanol–water partition coefficient (Wildman–Crippen LogP) is 6.11. The van der Waals surface area contributed by atoms with E-state index in [1.807, 2.05) is 30.3 Å². The standard InChI is InChI=1S/C25H33NO3/c1-5-6-7-20-8-12-22(13-9-20)26-25(27)15-11-21-10-14-23(24(18-21)28-4)29-17-16-19(2)3/h8-15,18-19H,5-7,16-17H2,1-4H3,(H,26,27). The molecule has 2 aromatic rings. The third-order valence-electron chi connectivity index (χ3n) is 4.61. The first-order valence-electron chi connectivity index (χ1n) is 10.4. The summed E-state index contributed by atoms with van der Waals surface area (Å²) in [6.45, 7) is 7.17. The van der Waals surface area contributed by atoms with Gasteiger partial charge >= 0.3 is 0 Å². The average molecular weight is 396 g/mol. The van der Waals surface area contributed by atoms with Crippen LogP contribution in [0.4, 0.5) is 5.69 Å². The molecular weight excluding hydrogens is 362 g/mol. The van der Waals surface area contributed by atoms with Crippen molar-refractivity contribution in [1.82, 2.24) is 0 Å². The lowest BCUT2D eigenvalue weighted by atomic mass is 10.1. The number of ether oxygens (including phenoxy) is 2. The van der Waals surface area contributed by atoms with Crippen LogP contribution in [0, 0.1) is 5.92 Å². The lowest BCUT2D eigenvalue weighted by Crippen LogP contribution is -2.07. The average Bonchev–Trinajstić information content (AvgIpc) is 2.72. The van der Waals surface area contributed by atoms with Crippen LogP contribution in [0.3, 0.4) is 0 Å². The molecule has 0 atom stereocenters. The summed E-state index contributed by atoms with van der Waals surface area (Å²) in [5.74, 6) is 1.81. The van der Waals surface area contributed by atoms with E-state index in [2.05, 4.69) is 38.2 Å². The largest absolute Gasteiger partial charge is 0.493 e. The van der Waals surface area contributed by atoms with Gasteiger partial charge < -0.3 is 14.8 Å². The lowest BCUT2D eigenvalue weighted by molar-refractivity contribution is -0.111. The number of benzene rings is 2. The molecule has 1 amide bonds. The molecule has 0 saturated carbocycles. The fourth-order valence-corrected chi connectivity index (χ4v) is 2.80. The van der Waals surface area contributed by atoms with Gasteiger partial charge in [-0.05, 0) is 66.6 Å². The van der Waals surface area contributed by atoms with E-state index in [0.717, 1.165) is 29.8 Å². The molecule has 0 radical (unpaired) electrons. The second kappa shape index (κ2) is 11.9. The fraction of sp³-hybridized carbons (Fsp3) is 0.400. The van der Waals surface area contributed by atoms with Gasteiger partial charge in [0.25, 0.3) is 0 Å². The van der Waals surface area contributed by atoms with E-state index in [-0.39, 0.29) is 5.91 Å². The van der Waals surface area contributed by atoms with Crippen LogP contribution in [0.25, 0.3) is 6.08 Å².